The zero-order valence-corrected chi connectivity index (χ0v) is 9.72. The van der Waals surface area contributed by atoms with Crippen molar-refractivity contribution in [2.75, 3.05) is 20.2 Å². The normalized spacial score (nSPS) is 20.9. The SMILES string of the molecule is COC(C)C(=O)N1CCC(C(N)=NO)CC1. The summed E-state index contributed by atoms with van der Waals surface area (Å²) in [7, 11) is 1.52. The van der Waals surface area contributed by atoms with Crippen molar-refractivity contribution in [3.8, 4) is 0 Å². The van der Waals surface area contributed by atoms with Crippen LogP contribution in [0.15, 0.2) is 5.16 Å². The molecule has 1 rings (SSSR count). The summed E-state index contributed by atoms with van der Waals surface area (Å²) in [6.07, 6.45) is 1.07. The van der Waals surface area contributed by atoms with Gasteiger partial charge >= 0.3 is 0 Å². The molecule has 1 amide bonds. The Morgan fingerprint density at radius 2 is 2.12 bits per heavy atom. The summed E-state index contributed by atoms with van der Waals surface area (Å²) in [6.45, 7) is 3.00. The Bertz CT molecular complexity index is 272. The number of rotatable bonds is 3. The molecule has 1 heterocycles. The summed E-state index contributed by atoms with van der Waals surface area (Å²) in [5.74, 6) is 0.333. The van der Waals surface area contributed by atoms with E-state index < -0.39 is 6.10 Å². The largest absolute Gasteiger partial charge is 0.409 e. The molecule has 1 saturated heterocycles. The van der Waals surface area contributed by atoms with Gasteiger partial charge in [-0.3, -0.25) is 4.79 Å². The molecule has 3 N–H and O–H groups in total. The van der Waals surface area contributed by atoms with Crippen molar-refractivity contribution in [2.45, 2.75) is 25.9 Å². The number of amidine groups is 1. The number of amides is 1. The van der Waals surface area contributed by atoms with Crippen LogP contribution in [0.1, 0.15) is 19.8 Å². The van der Waals surface area contributed by atoms with E-state index in [1.165, 1.54) is 7.11 Å². The lowest BCUT2D eigenvalue weighted by Crippen LogP contribution is -2.45. The van der Waals surface area contributed by atoms with Gasteiger partial charge in [0, 0.05) is 26.1 Å². The molecule has 1 unspecified atom stereocenters. The van der Waals surface area contributed by atoms with Crippen LogP contribution in [0.4, 0.5) is 0 Å². The molecule has 6 heteroatoms. The average molecular weight is 229 g/mol. The second-order valence-corrected chi connectivity index (χ2v) is 4.00. The molecule has 1 fully saturated rings. The topological polar surface area (TPSA) is 88.2 Å². The lowest BCUT2D eigenvalue weighted by atomic mass is 9.95. The lowest BCUT2D eigenvalue weighted by molar-refractivity contribution is -0.142. The van der Waals surface area contributed by atoms with Gasteiger partial charge in [0.2, 0.25) is 0 Å². The minimum Gasteiger partial charge on any atom is -0.409 e. The summed E-state index contributed by atoms with van der Waals surface area (Å²) in [5.41, 5.74) is 5.53. The van der Waals surface area contributed by atoms with Crippen LogP contribution < -0.4 is 5.73 Å². The van der Waals surface area contributed by atoms with Crippen LogP contribution in [-0.2, 0) is 9.53 Å². The third kappa shape index (κ3) is 2.85. The van der Waals surface area contributed by atoms with Gasteiger partial charge in [0.05, 0.1) is 0 Å². The predicted molar refractivity (Wildman–Crippen MR) is 59.2 cm³/mol. The van der Waals surface area contributed by atoms with E-state index >= 15 is 0 Å². The van der Waals surface area contributed by atoms with Crippen LogP contribution in [0.3, 0.4) is 0 Å². The molecule has 6 nitrogen and oxygen atoms in total. The van der Waals surface area contributed by atoms with E-state index in [9.17, 15) is 4.79 Å². The number of methoxy groups -OCH3 is 1. The summed E-state index contributed by atoms with van der Waals surface area (Å²) < 4.78 is 4.98. The van der Waals surface area contributed by atoms with Crippen LogP contribution in [0.2, 0.25) is 0 Å². The van der Waals surface area contributed by atoms with Crippen LogP contribution in [0.25, 0.3) is 0 Å². The number of oxime groups is 1. The summed E-state index contributed by atoms with van der Waals surface area (Å²) >= 11 is 0. The molecule has 92 valence electrons. The minimum absolute atomic E-state index is 0.000425. The van der Waals surface area contributed by atoms with Gasteiger partial charge in [-0.15, -0.1) is 0 Å². The molecule has 1 aliphatic heterocycles. The Hall–Kier alpha value is -1.30. The van der Waals surface area contributed by atoms with Crippen LogP contribution in [0, 0.1) is 5.92 Å². The number of likely N-dealkylation sites (tertiary alicyclic amines) is 1. The zero-order chi connectivity index (χ0) is 12.1. The molecular weight excluding hydrogens is 210 g/mol. The van der Waals surface area contributed by atoms with Crippen LogP contribution in [0.5, 0.6) is 0 Å². The highest BCUT2D eigenvalue weighted by Gasteiger charge is 2.27. The van der Waals surface area contributed by atoms with E-state index in [0.717, 1.165) is 12.8 Å². The summed E-state index contributed by atoms with van der Waals surface area (Å²) in [5, 5.41) is 11.6. The van der Waals surface area contributed by atoms with E-state index in [1.54, 1.807) is 11.8 Å². The molecule has 0 spiro atoms. The minimum atomic E-state index is -0.402. The number of carbonyl (C=O) groups is 1. The van der Waals surface area contributed by atoms with Gasteiger partial charge in [0.25, 0.3) is 5.91 Å². The highest BCUT2D eigenvalue weighted by Crippen LogP contribution is 2.18. The summed E-state index contributed by atoms with van der Waals surface area (Å²) in [6, 6.07) is 0. The first-order chi connectivity index (χ1) is 7.60. The number of nitrogens with two attached hydrogens (primary N) is 1. The molecular formula is C10H19N3O3. The molecule has 0 radical (unpaired) electrons. The van der Waals surface area contributed by atoms with Crippen molar-refractivity contribution < 1.29 is 14.7 Å². The number of ether oxygens (including phenoxy) is 1. The van der Waals surface area contributed by atoms with E-state index in [0.29, 0.717) is 13.1 Å². The van der Waals surface area contributed by atoms with Crippen molar-refractivity contribution in [1.29, 1.82) is 0 Å². The van der Waals surface area contributed by atoms with Crippen molar-refractivity contribution in [1.82, 2.24) is 4.90 Å². The zero-order valence-electron chi connectivity index (χ0n) is 9.72. The Morgan fingerprint density at radius 1 is 1.56 bits per heavy atom. The Balaban J connectivity index is 2.46. The number of nitrogens with zero attached hydrogens (tertiary/aromatic N) is 2. The van der Waals surface area contributed by atoms with Gasteiger partial charge in [-0.1, -0.05) is 5.16 Å². The van der Waals surface area contributed by atoms with Crippen LogP contribution >= 0.6 is 0 Å². The highest BCUT2D eigenvalue weighted by molar-refractivity contribution is 5.83. The second-order valence-electron chi connectivity index (χ2n) is 4.00. The standard InChI is InChI=1S/C10H19N3O3/c1-7(16-2)10(14)13-5-3-8(4-6-13)9(11)12-15/h7-8,15H,3-6H2,1-2H3,(H2,11,12). The van der Waals surface area contributed by atoms with E-state index in [-0.39, 0.29) is 17.7 Å². The fourth-order valence-corrected chi connectivity index (χ4v) is 1.84. The van der Waals surface area contributed by atoms with Gasteiger partial charge in [0.1, 0.15) is 11.9 Å². The van der Waals surface area contributed by atoms with E-state index in [2.05, 4.69) is 5.16 Å². The lowest BCUT2D eigenvalue weighted by Gasteiger charge is -2.32. The molecule has 1 atom stereocenters. The van der Waals surface area contributed by atoms with E-state index in [4.69, 9.17) is 15.7 Å². The van der Waals surface area contributed by atoms with E-state index in [1.807, 2.05) is 0 Å². The third-order valence-corrected chi connectivity index (χ3v) is 3.04. The Morgan fingerprint density at radius 3 is 2.56 bits per heavy atom. The molecule has 0 aliphatic carbocycles. The summed E-state index contributed by atoms with van der Waals surface area (Å²) in [4.78, 5) is 13.5. The first-order valence-electron chi connectivity index (χ1n) is 5.39. The van der Waals surface area contributed by atoms with Gasteiger partial charge in [0.15, 0.2) is 0 Å². The van der Waals surface area contributed by atoms with Gasteiger partial charge in [-0.05, 0) is 19.8 Å². The monoisotopic (exact) mass is 229 g/mol. The highest BCUT2D eigenvalue weighted by atomic mass is 16.5. The second kappa shape index (κ2) is 5.69. The first kappa shape index (κ1) is 12.8. The number of piperidine rings is 1. The average Bonchev–Trinajstić information content (AvgIpc) is 2.36. The maximum absolute atomic E-state index is 11.8. The molecule has 16 heavy (non-hydrogen) atoms. The van der Waals surface area contributed by atoms with Gasteiger partial charge in [-0.25, -0.2) is 0 Å². The van der Waals surface area contributed by atoms with Gasteiger partial charge < -0.3 is 20.6 Å². The smallest absolute Gasteiger partial charge is 0.251 e. The van der Waals surface area contributed by atoms with Crippen molar-refractivity contribution in [3.05, 3.63) is 0 Å². The molecule has 1 aliphatic rings. The molecule has 0 bridgehead atoms. The van der Waals surface area contributed by atoms with Crippen molar-refractivity contribution in [3.63, 3.8) is 0 Å². The number of carbonyl (C=O) groups excluding carboxylic acids is 1. The Labute approximate surface area is 95.0 Å². The van der Waals surface area contributed by atoms with Crippen molar-refractivity contribution >= 4 is 11.7 Å². The first-order valence-corrected chi connectivity index (χ1v) is 5.39. The predicted octanol–water partition coefficient (Wildman–Crippen LogP) is 0.00630. The Kier molecular flexibility index (Phi) is 4.54. The maximum atomic E-state index is 11.8. The third-order valence-electron chi connectivity index (χ3n) is 3.04. The van der Waals surface area contributed by atoms with Gasteiger partial charge in [-0.2, -0.15) is 0 Å². The maximum Gasteiger partial charge on any atom is 0.251 e. The molecule has 0 aromatic carbocycles. The molecule has 0 aromatic rings. The fraction of sp³-hybridized carbons (Fsp3) is 0.800. The molecule has 0 aromatic heterocycles. The van der Waals surface area contributed by atoms with Crippen molar-refractivity contribution in [2.24, 2.45) is 16.8 Å². The molecule has 0 saturated carbocycles. The fourth-order valence-electron chi connectivity index (χ4n) is 1.84. The number of hydrogen-bond donors (Lipinski definition) is 2. The quantitative estimate of drug-likeness (QED) is 0.309. The van der Waals surface area contributed by atoms with Crippen LogP contribution in [-0.4, -0.2) is 48.2 Å². The number of hydrogen-bond acceptors (Lipinski definition) is 4.